The summed E-state index contributed by atoms with van der Waals surface area (Å²) in [5.74, 6) is -0.622. The minimum atomic E-state index is -4.73. The van der Waals surface area contributed by atoms with E-state index >= 15 is 0 Å². The lowest BCUT2D eigenvalue weighted by molar-refractivity contribution is -0.542. The summed E-state index contributed by atoms with van der Waals surface area (Å²) in [6.45, 7) is 0.640. The second kappa shape index (κ2) is 9.94. The molecule has 0 fully saturated rings. The third kappa shape index (κ3) is 6.89. The highest BCUT2D eigenvalue weighted by atomic mass is 19.4. The Bertz CT molecular complexity index is 1090. The molecular weight excluding hydrogens is 457 g/mol. The molecule has 0 aliphatic carbocycles. The highest BCUT2D eigenvalue weighted by Crippen LogP contribution is 2.24. The second-order valence-electron chi connectivity index (χ2n) is 6.41. The minimum absolute atomic E-state index is 0.145. The summed E-state index contributed by atoms with van der Waals surface area (Å²) in [5.41, 5.74) is 0.650. The molecule has 0 saturated carbocycles. The van der Waals surface area contributed by atoms with Crippen LogP contribution >= 0.6 is 0 Å². The van der Waals surface area contributed by atoms with Crippen LogP contribution in [0.3, 0.4) is 0 Å². The lowest BCUT2D eigenvalue weighted by atomic mass is 10.2. The molecule has 0 N–H and O–H groups in total. The zero-order chi connectivity index (χ0) is 24.0. The molecule has 1 atom stereocenters. The van der Waals surface area contributed by atoms with Crippen molar-refractivity contribution in [2.45, 2.75) is 25.6 Å². The van der Waals surface area contributed by atoms with Crippen LogP contribution < -0.4 is 9.47 Å². The third-order valence-electron chi connectivity index (χ3n) is 4.03. The molecule has 1 aromatic carbocycles. The van der Waals surface area contributed by atoms with Gasteiger partial charge in [0.2, 0.25) is 0 Å². The second-order valence-corrected chi connectivity index (χ2v) is 6.41. The van der Waals surface area contributed by atoms with Gasteiger partial charge in [0.25, 0.3) is 0 Å². The molecule has 1 aliphatic heterocycles. The Labute approximate surface area is 182 Å². The monoisotopic (exact) mass is 472 g/mol. The Kier molecular flexibility index (Phi) is 7.07. The number of nitrogens with zero attached hydrogens (tertiary/aromatic N) is 6. The molecule has 0 bridgehead atoms. The number of benzene rings is 1. The summed E-state index contributed by atoms with van der Waals surface area (Å²) in [4.78, 5) is 27.0. The van der Waals surface area contributed by atoms with E-state index in [1.165, 1.54) is 47.4 Å². The van der Waals surface area contributed by atoms with E-state index in [-0.39, 0.29) is 36.9 Å². The average molecular weight is 472 g/mol. The molecule has 0 radical (unpaired) electrons. The average Bonchev–Trinajstić information content (AvgIpc) is 3.42. The van der Waals surface area contributed by atoms with E-state index in [0.29, 0.717) is 12.1 Å². The Morgan fingerprint density at radius 3 is 2.48 bits per heavy atom. The number of aromatic nitrogens is 4. The van der Waals surface area contributed by atoms with Gasteiger partial charge in [-0.3, -0.25) is 4.57 Å². The molecule has 16 heteroatoms. The first kappa shape index (κ1) is 23.5. The topological polar surface area (TPSA) is 150 Å². The van der Waals surface area contributed by atoms with Crippen molar-refractivity contribution >= 4 is 5.82 Å². The highest BCUT2D eigenvalue weighted by molar-refractivity contribution is 5.27. The predicted octanol–water partition coefficient (Wildman–Crippen LogP) is 2.59. The van der Waals surface area contributed by atoms with Gasteiger partial charge in [-0.1, -0.05) is 16.8 Å². The van der Waals surface area contributed by atoms with E-state index in [1.807, 2.05) is 0 Å². The van der Waals surface area contributed by atoms with Crippen molar-refractivity contribution in [3.05, 3.63) is 75.0 Å². The molecule has 4 rings (SSSR count). The number of alkyl halides is 3. The summed E-state index contributed by atoms with van der Waals surface area (Å²) >= 11 is 0. The summed E-state index contributed by atoms with van der Waals surface area (Å²) in [6, 6.07) is 5.46. The van der Waals surface area contributed by atoms with E-state index in [1.54, 1.807) is 0 Å². The number of nitro groups is 2. The molecule has 1 aliphatic rings. The van der Waals surface area contributed by atoms with Crippen molar-refractivity contribution < 1.29 is 37.3 Å². The van der Waals surface area contributed by atoms with Gasteiger partial charge in [0.15, 0.2) is 11.4 Å². The minimum Gasteiger partial charge on any atom is -0.443 e. The number of rotatable bonds is 6. The number of imidazole rings is 2. The van der Waals surface area contributed by atoms with Crippen molar-refractivity contribution in [1.82, 2.24) is 19.2 Å². The molecule has 176 valence electrons. The number of hydrogen-bond acceptors (Lipinski definition) is 9. The molecule has 0 saturated heterocycles. The summed E-state index contributed by atoms with van der Waals surface area (Å²) in [7, 11) is 0. The van der Waals surface area contributed by atoms with Gasteiger partial charge in [-0.25, -0.2) is 15.1 Å². The van der Waals surface area contributed by atoms with Crippen molar-refractivity contribution in [2.24, 2.45) is 0 Å². The fourth-order valence-corrected chi connectivity index (χ4v) is 2.61. The lowest BCUT2D eigenvalue weighted by Crippen LogP contribution is -2.32. The van der Waals surface area contributed by atoms with Crippen molar-refractivity contribution in [1.29, 1.82) is 0 Å². The smallest absolute Gasteiger partial charge is 0.443 e. The molecule has 0 unspecified atom stereocenters. The first-order valence-corrected chi connectivity index (χ1v) is 9.04. The first-order valence-electron chi connectivity index (χ1n) is 9.04. The van der Waals surface area contributed by atoms with E-state index in [4.69, 9.17) is 9.47 Å². The molecule has 3 aromatic rings. The highest BCUT2D eigenvalue weighted by Gasteiger charge is 2.31. The third-order valence-corrected chi connectivity index (χ3v) is 4.03. The summed E-state index contributed by atoms with van der Waals surface area (Å²) in [6.07, 6.45) is -0.105. The van der Waals surface area contributed by atoms with Gasteiger partial charge in [0, 0.05) is 4.98 Å². The van der Waals surface area contributed by atoms with Crippen LogP contribution in [0.5, 0.6) is 11.8 Å². The molecule has 0 spiro atoms. The Balaban J connectivity index is 0.000000323. The van der Waals surface area contributed by atoms with Crippen LogP contribution in [-0.4, -0.2) is 48.2 Å². The molecular formula is C17H15F3N6O7. The lowest BCUT2D eigenvalue weighted by Gasteiger charge is -2.22. The van der Waals surface area contributed by atoms with Crippen molar-refractivity contribution in [3.63, 3.8) is 0 Å². The van der Waals surface area contributed by atoms with E-state index in [2.05, 4.69) is 14.7 Å². The zero-order valence-corrected chi connectivity index (χ0v) is 16.5. The Morgan fingerprint density at radius 2 is 1.94 bits per heavy atom. The Hall–Kier alpha value is -4.21. The van der Waals surface area contributed by atoms with Gasteiger partial charge in [0.1, 0.15) is 24.7 Å². The number of fused-ring (bicyclic) bond motifs is 1. The SMILES string of the molecule is O=[N+]([O-])c1cn2c(n1)OC[C@@H](OCc1ccc(OC(F)(F)F)cc1)C2.O=[N+]([O-])n1ccnc1. The standard InChI is InChI=1S/C14H12F3N3O5.C3H3N3O2/c15-14(16,17)25-10-3-1-9(2-4-10)7-23-11-5-19-6-12(20(21)22)18-13(19)24-8-11;7-6(8)5-2-1-4-3-5/h1-4,6,11H,5,7-8H2;1-3H/t11-;/m0./s1. The fourth-order valence-electron chi connectivity index (χ4n) is 2.61. The van der Waals surface area contributed by atoms with Gasteiger partial charge < -0.3 is 24.3 Å². The van der Waals surface area contributed by atoms with Crippen LogP contribution in [0.15, 0.2) is 49.2 Å². The molecule has 2 aromatic heterocycles. The quantitative estimate of drug-likeness (QED) is 0.390. The van der Waals surface area contributed by atoms with Gasteiger partial charge in [-0.2, -0.15) is 0 Å². The van der Waals surface area contributed by atoms with Crippen LogP contribution in [0.2, 0.25) is 0 Å². The molecule has 13 nitrogen and oxygen atoms in total. The number of ether oxygens (including phenoxy) is 3. The van der Waals surface area contributed by atoms with Crippen LogP contribution in [0, 0.1) is 20.2 Å². The summed E-state index contributed by atoms with van der Waals surface area (Å²) < 4.78 is 53.3. The molecule has 3 heterocycles. The van der Waals surface area contributed by atoms with E-state index in [0.717, 1.165) is 11.0 Å². The van der Waals surface area contributed by atoms with Crippen molar-refractivity contribution in [2.75, 3.05) is 6.61 Å². The normalized spacial score (nSPS) is 14.9. The van der Waals surface area contributed by atoms with Gasteiger partial charge in [0.05, 0.1) is 25.5 Å². The molecule has 33 heavy (non-hydrogen) atoms. The zero-order valence-electron chi connectivity index (χ0n) is 16.5. The maximum absolute atomic E-state index is 12.1. The van der Waals surface area contributed by atoms with Gasteiger partial charge >= 0.3 is 18.2 Å². The largest absolute Gasteiger partial charge is 0.573 e. The maximum Gasteiger partial charge on any atom is 0.573 e. The van der Waals surface area contributed by atoms with Crippen LogP contribution in [0.1, 0.15) is 5.56 Å². The van der Waals surface area contributed by atoms with Crippen LogP contribution in [0.4, 0.5) is 19.0 Å². The Morgan fingerprint density at radius 1 is 1.21 bits per heavy atom. The van der Waals surface area contributed by atoms with Crippen LogP contribution in [-0.2, 0) is 17.9 Å². The fraction of sp³-hybridized carbons (Fsp3) is 0.294. The van der Waals surface area contributed by atoms with Gasteiger partial charge in [-0.05, 0) is 22.6 Å². The maximum atomic E-state index is 12.1. The van der Waals surface area contributed by atoms with Gasteiger partial charge in [-0.15, -0.1) is 13.2 Å². The summed E-state index contributed by atoms with van der Waals surface area (Å²) in [5, 5.41) is 19.9. The predicted molar refractivity (Wildman–Crippen MR) is 101 cm³/mol. The first-order chi connectivity index (χ1) is 15.6. The number of hydrogen-bond donors (Lipinski definition) is 0. The van der Waals surface area contributed by atoms with Crippen molar-refractivity contribution in [3.8, 4) is 11.8 Å². The van der Waals surface area contributed by atoms with E-state index in [9.17, 15) is 33.4 Å². The van der Waals surface area contributed by atoms with Crippen LogP contribution in [0.25, 0.3) is 0 Å². The molecule has 0 amide bonds. The number of halogens is 3. The van der Waals surface area contributed by atoms with E-state index < -0.39 is 16.3 Å².